The van der Waals surface area contributed by atoms with E-state index in [1.165, 1.54) is 6.08 Å². The van der Waals surface area contributed by atoms with Crippen molar-refractivity contribution in [2.24, 2.45) is 0 Å². The van der Waals surface area contributed by atoms with Gasteiger partial charge in [0.1, 0.15) is 5.75 Å². The Hall–Kier alpha value is -1.77. The number of carbonyl (C=O) groups excluding carboxylic acids is 1. The van der Waals surface area contributed by atoms with Crippen LogP contribution in [0.4, 0.5) is 0 Å². The summed E-state index contributed by atoms with van der Waals surface area (Å²) >= 11 is 0. The van der Waals surface area contributed by atoms with Gasteiger partial charge >= 0.3 is 5.97 Å². The third kappa shape index (κ3) is 3.31. The summed E-state index contributed by atoms with van der Waals surface area (Å²) in [5, 5.41) is 2.84. The highest BCUT2D eigenvalue weighted by Gasteiger charge is 1.99. The van der Waals surface area contributed by atoms with Crippen LogP contribution in [0.3, 0.4) is 0 Å². The van der Waals surface area contributed by atoms with Crippen LogP contribution >= 0.6 is 0 Å². The second-order valence-corrected chi connectivity index (χ2v) is 2.81. The lowest BCUT2D eigenvalue weighted by Crippen LogP contribution is -2.09. The molecule has 0 bridgehead atoms. The minimum Gasteiger partial charge on any atom is -0.423 e. The SMILES string of the molecule is CN/C(C)=C\C(=O)Oc1ccccc1. The summed E-state index contributed by atoms with van der Waals surface area (Å²) in [5.74, 6) is 0.181. The molecule has 0 unspecified atom stereocenters. The maximum absolute atomic E-state index is 11.2. The highest BCUT2D eigenvalue weighted by atomic mass is 16.5. The van der Waals surface area contributed by atoms with Crippen LogP contribution in [0.2, 0.25) is 0 Å². The summed E-state index contributed by atoms with van der Waals surface area (Å²) in [6.07, 6.45) is 1.41. The summed E-state index contributed by atoms with van der Waals surface area (Å²) in [6.45, 7) is 1.80. The van der Waals surface area contributed by atoms with Crippen LogP contribution < -0.4 is 10.1 Å². The van der Waals surface area contributed by atoms with Gasteiger partial charge in [-0.15, -0.1) is 0 Å². The van der Waals surface area contributed by atoms with E-state index in [0.717, 1.165) is 5.70 Å². The molecule has 0 spiro atoms. The highest BCUT2D eigenvalue weighted by Crippen LogP contribution is 2.08. The molecule has 0 fully saturated rings. The van der Waals surface area contributed by atoms with Gasteiger partial charge in [-0.25, -0.2) is 4.79 Å². The molecule has 1 aromatic rings. The molecule has 1 rings (SSSR count). The normalized spacial score (nSPS) is 10.9. The molecule has 0 saturated carbocycles. The number of rotatable bonds is 3. The molecule has 0 saturated heterocycles. The van der Waals surface area contributed by atoms with Gasteiger partial charge in [-0.2, -0.15) is 0 Å². The average molecular weight is 191 g/mol. The number of para-hydroxylation sites is 1. The van der Waals surface area contributed by atoms with Crippen molar-refractivity contribution in [3.8, 4) is 5.75 Å². The minimum absolute atomic E-state index is 0.372. The van der Waals surface area contributed by atoms with Gasteiger partial charge in [0.15, 0.2) is 0 Å². The van der Waals surface area contributed by atoms with Crippen LogP contribution in [0.1, 0.15) is 6.92 Å². The molecule has 1 N–H and O–H groups in total. The molecule has 0 atom stereocenters. The molecular weight excluding hydrogens is 178 g/mol. The van der Waals surface area contributed by atoms with Crippen LogP contribution in [-0.4, -0.2) is 13.0 Å². The Morgan fingerprint density at radius 2 is 2.00 bits per heavy atom. The fourth-order valence-corrected chi connectivity index (χ4v) is 0.883. The summed E-state index contributed by atoms with van der Waals surface area (Å²) in [6, 6.07) is 8.97. The Balaban J connectivity index is 2.58. The van der Waals surface area contributed by atoms with Crippen molar-refractivity contribution in [2.75, 3.05) is 7.05 Å². The summed E-state index contributed by atoms with van der Waals surface area (Å²) in [7, 11) is 1.75. The molecule has 14 heavy (non-hydrogen) atoms. The van der Waals surface area contributed by atoms with Gasteiger partial charge in [0, 0.05) is 18.8 Å². The molecule has 3 heteroatoms. The van der Waals surface area contributed by atoms with E-state index in [0.29, 0.717) is 5.75 Å². The number of allylic oxidation sites excluding steroid dienone is 1. The predicted molar refractivity (Wildman–Crippen MR) is 54.9 cm³/mol. The molecule has 0 aliphatic carbocycles. The average Bonchev–Trinajstić information content (AvgIpc) is 2.19. The van der Waals surface area contributed by atoms with E-state index in [4.69, 9.17) is 4.74 Å². The fraction of sp³-hybridized carbons (Fsp3) is 0.182. The van der Waals surface area contributed by atoms with Crippen LogP contribution in [-0.2, 0) is 4.79 Å². The van der Waals surface area contributed by atoms with Gasteiger partial charge in [-0.1, -0.05) is 18.2 Å². The van der Waals surface area contributed by atoms with Crippen LogP contribution in [0.5, 0.6) is 5.75 Å². The van der Waals surface area contributed by atoms with Crippen molar-refractivity contribution in [3.05, 3.63) is 42.1 Å². The zero-order valence-corrected chi connectivity index (χ0v) is 8.28. The van der Waals surface area contributed by atoms with Crippen molar-refractivity contribution in [1.82, 2.24) is 5.32 Å². The third-order valence-corrected chi connectivity index (χ3v) is 1.69. The molecule has 0 heterocycles. The summed E-state index contributed by atoms with van der Waals surface area (Å²) < 4.78 is 5.03. The second kappa shape index (κ2) is 5.07. The Kier molecular flexibility index (Phi) is 3.73. The summed E-state index contributed by atoms with van der Waals surface area (Å²) in [4.78, 5) is 11.2. The molecule has 0 amide bonds. The zero-order chi connectivity index (χ0) is 10.4. The highest BCUT2D eigenvalue weighted by molar-refractivity contribution is 5.84. The van der Waals surface area contributed by atoms with Gasteiger partial charge in [0.2, 0.25) is 0 Å². The monoisotopic (exact) mass is 191 g/mol. The first-order valence-corrected chi connectivity index (χ1v) is 4.35. The quantitative estimate of drug-likeness (QED) is 0.449. The Morgan fingerprint density at radius 1 is 1.36 bits per heavy atom. The molecule has 0 radical (unpaired) electrons. The Morgan fingerprint density at radius 3 is 2.57 bits per heavy atom. The Labute approximate surface area is 83.4 Å². The lowest BCUT2D eigenvalue weighted by atomic mass is 10.3. The van der Waals surface area contributed by atoms with E-state index in [2.05, 4.69) is 5.32 Å². The summed E-state index contributed by atoms with van der Waals surface area (Å²) in [5.41, 5.74) is 0.769. The van der Waals surface area contributed by atoms with Crippen LogP contribution in [0, 0.1) is 0 Å². The van der Waals surface area contributed by atoms with E-state index in [1.54, 1.807) is 26.1 Å². The van der Waals surface area contributed by atoms with Crippen molar-refractivity contribution < 1.29 is 9.53 Å². The molecule has 74 valence electrons. The zero-order valence-electron chi connectivity index (χ0n) is 8.28. The van der Waals surface area contributed by atoms with Crippen molar-refractivity contribution in [3.63, 3.8) is 0 Å². The van der Waals surface area contributed by atoms with Gasteiger partial charge < -0.3 is 10.1 Å². The third-order valence-electron chi connectivity index (χ3n) is 1.69. The maximum Gasteiger partial charge on any atom is 0.337 e. The molecule has 1 aromatic carbocycles. The number of hydrogen-bond acceptors (Lipinski definition) is 3. The Bertz CT molecular complexity index is 330. The minimum atomic E-state index is -0.372. The van der Waals surface area contributed by atoms with Gasteiger partial charge in [-0.05, 0) is 19.1 Å². The molecule has 3 nitrogen and oxygen atoms in total. The van der Waals surface area contributed by atoms with Crippen LogP contribution in [0.15, 0.2) is 42.1 Å². The number of hydrogen-bond donors (Lipinski definition) is 1. The molecule has 0 aromatic heterocycles. The first-order chi connectivity index (χ1) is 6.72. The molecular formula is C11H13NO2. The molecule has 0 aliphatic rings. The largest absolute Gasteiger partial charge is 0.423 e. The lowest BCUT2D eigenvalue weighted by Gasteiger charge is -2.01. The topological polar surface area (TPSA) is 38.3 Å². The number of nitrogens with one attached hydrogen (secondary N) is 1. The maximum atomic E-state index is 11.2. The second-order valence-electron chi connectivity index (χ2n) is 2.81. The predicted octanol–water partition coefficient (Wildman–Crippen LogP) is 1.72. The first kappa shape index (κ1) is 10.3. The van der Waals surface area contributed by atoms with Gasteiger partial charge in [-0.3, -0.25) is 0 Å². The number of ether oxygens (including phenoxy) is 1. The number of benzene rings is 1. The van der Waals surface area contributed by atoms with Gasteiger partial charge in [0.05, 0.1) is 0 Å². The van der Waals surface area contributed by atoms with E-state index in [-0.39, 0.29) is 5.97 Å². The molecule has 0 aliphatic heterocycles. The number of esters is 1. The van der Waals surface area contributed by atoms with E-state index >= 15 is 0 Å². The van der Waals surface area contributed by atoms with E-state index in [9.17, 15) is 4.79 Å². The van der Waals surface area contributed by atoms with Crippen LogP contribution in [0.25, 0.3) is 0 Å². The van der Waals surface area contributed by atoms with E-state index in [1.807, 2.05) is 18.2 Å². The van der Waals surface area contributed by atoms with Crippen molar-refractivity contribution in [2.45, 2.75) is 6.92 Å². The van der Waals surface area contributed by atoms with E-state index < -0.39 is 0 Å². The standard InChI is InChI=1S/C11H13NO2/c1-9(12-2)8-11(13)14-10-6-4-3-5-7-10/h3-8,12H,1-2H3/b9-8-. The smallest absolute Gasteiger partial charge is 0.337 e. The van der Waals surface area contributed by atoms with Gasteiger partial charge in [0.25, 0.3) is 0 Å². The fourth-order valence-electron chi connectivity index (χ4n) is 0.883. The van der Waals surface area contributed by atoms with Crippen molar-refractivity contribution >= 4 is 5.97 Å². The van der Waals surface area contributed by atoms with Crippen molar-refractivity contribution in [1.29, 1.82) is 0 Å². The lowest BCUT2D eigenvalue weighted by molar-refractivity contribution is -0.129. The first-order valence-electron chi connectivity index (χ1n) is 4.35. The number of carbonyl (C=O) groups is 1.